The lowest BCUT2D eigenvalue weighted by atomic mass is 9.77. The summed E-state index contributed by atoms with van der Waals surface area (Å²) in [5.74, 6) is 2.05. The highest BCUT2D eigenvalue weighted by molar-refractivity contribution is 7.63. The first-order valence-corrected chi connectivity index (χ1v) is 21.7. The van der Waals surface area contributed by atoms with E-state index in [9.17, 15) is 0 Å². The number of rotatable bonds is 5. The molecule has 0 N–H and O–H groups in total. The second-order valence-electron chi connectivity index (χ2n) is 17.1. The van der Waals surface area contributed by atoms with Crippen LogP contribution in [-0.4, -0.2) is 38.0 Å². The van der Waals surface area contributed by atoms with Crippen molar-refractivity contribution in [2.75, 3.05) is 23.9 Å². The minimum absolute atomic E-state index is 0.370. The lowest BCUT2D eigenvalue weighted by Gasteiger charge is -2.45. The van der Waals surface area contributed by atoms with Gasteiger partial charge in [-0.15, -0.1) is 0 Å². The third-order valence-electron chi connectivity index (χ3n) is 13.3. The van der Waals surface area contributed by atoms with Crippen LogP contribution < -0.4 is 33.6 Å². The zero-order valence-corrected chi connectivity index (χ0v) is 35.1. The largest absolute Gasteiger partial charge is 0.462 e. The molecule has 60 heavy (non-hydrogen) atoms. The minimum atomic E-state index is -4.04. The number of hydrogen-bond acceptors (Lipinski definition) is 9. The van der Waals surface area contributed by atoms with Crippen LogP contribution in [0, 0.1) is 0 Å². The number of nitrogens with zero attached hydrogens (tertiary/aromatic N) is 4. The molecule has 0 radical (unpaired) electrons. The molecule has 0 amide bonds. The summed E-state index contributed by atoms with van der Waals surface area (Å²) in [5.41, 5.74) is 3.55. The highest BCUT2D eigenvalue weighted by Gasteiger charge is 2.60. The van der Waals surface area contributed by atoms with Gasteiger partial charge in [-0.2, -0.15) is 0 Å². The summed E-state index contributed by atoms with van der Waals surface area (Å²) in [6.45, 7) is 8.76. The molecule has 0 fully saturated rings. The van der Waals surface area contributed by atoms with Gasteiger partial charge in [-0.3, -0.25) is 9.98 Å². The third kappa shape index (κ3) is 4.90. The van der Waals surface area contributed by atoms with Crippen molar-refractivity contribution in [2.45, 2.75) is 50.0 Å². The van der Waals surface area contributed by atoms with E-state index in [1.165, 1.54) is 11.1 Å². The van der Waals surface area contributed by atoms with E-state index in [0.717, 1.165) is 32.9 Å². The summed E-state index contributed by atoms with van der Waals surface area (Å²) in [5, 5.41) is 3.91. The average Bonchev–Trinajstić information content (AvgIpc) is 3.53. The highest BCUT2D eigenvalue weighted by Crippen LogP contribution is 2.57. The summed E-state index contributed by atoms with van der Waals surface area (Å²) in [4.78, 5) is 14.5. The second kappa shape index (κ2) is 12.5. The molecule has 2 atom stereocenters. The van der Waals surface area contributed by atoms with Crippen LogP contribution in [0.1, 0.15) is 38.8 Å². The zero-order chi connectivity index (χ0) is 41.2. The molecule has 0 saturated heterocycles. The van der Waals surface area contributed by atoms with Gasteiger partial charge in [0, 0.05) is 36.2 Å². The summed E-state index contributed by atoms with van der Waals surface area (Å²) in [7, 11) is 0.0560. The van der Waals surface area contributed by atoms with E-state index in [4.69, 9.17) is 28.5 Å². The van der Waals surface area contributed by atoms with Gasteiger partial charge in [-0.05, 0) is 110 Å². The van der Waals surface area contributed by atoms with Crippen molar-refractivity contribution in [3.8, 4) is 23.0 Å². The third-order valence-corrected chi connectivity index (χ3v) is 15.1. The quantitative estimate of drug-likeness (QED) is 0.160. The van der Waals surface area contributed by atoms with E-state index in [-0.39, 0.29) is 10.8 Å². The number of para-hydroxylation sites is 2. The fourth-order valence-electron chi connectivity index (χ4n) is 9.83. The van der Waals surface area contributed by atoms with Gasteiger partial charge in [-0.1, -0.05) is 78.9 Å². The summed E-state index contributed by atoms with van der Waals surface area (Å²) in [6, 6.07) is 45.0. The maximum absolute atomic E-state index is 15.2. The number of hydrogen-bond donors (Lipinski definition) is 0. The Labute approximate surface area is 349 Å². The van der Waals surface area contributed by atoms with Crippen molar-refractivity contribution in [1.82, 2.24) is 0 Å². The van der Waals surface area contributed by atoms with Crippen LogP contribution in [0.2, 0.25) is 0 Å². The summed E-state index contributed by atoms with van der Waals surface area (Å²) < 4.78 is 42.1. The number of fused-ring (bicyclic) bond motifs is 8. The molecule has 2 spiro atoms. The molecule has 10 heteroatoms. The van der Waals surface area contributed by atoms with Gasteiger partial charge < -0.3 is 28.3 Å². The highest BCUT2D eigenvalue weighted by atomic mass is 31.2. The van der Waals surface area contributed by atoms with Crippen LogP contribution >= 0.6 is 7.60 Å². The standard InChI is InChI=1S/C50H43N4O5P/c1-47(2)39-16-10-12-18-41(39)53(5)49(47)30-51-45-37-28-34(24-20-32(37)22-26-43(45)56-49)58-60(55,36-14-8-7-9-15-36)59-35-25-21-33-23-27-44-46(38(33)29-35)52-31-50(57-44)48(3,4)40-17-11-13-19-42(40)54(50)6/h7-31H,1-6H3. The van der Waals surface area contributed by atoms with E-state index in [0.29, 0.717) is 39.7 Å². The fraction of sp³-hybridized carbons (Fsp3) is 0.200. The minimum Gasteiger partial charge on any atom is -0.459 e. The lowest BCUT2D eigenvalue weighted by molar-refractivity contribution is 0.0826. The predicted octanol–water partition coefficient (Wildman–Crippen LogP) is 11.4. The van der Waals surface area contributed by atoms with Crippen molar-refractivity contribution in [3.05, 3.63) is 151 Å². The van der Waals surface area contributed by atoms with Gasteiger partial charge in [0.15, 0.2) is 0 Å². The maximum atomic E-state index is 15.2. The Bertz CT molecular complexity index is 2870. The Hall–Kier alpha value is -6.57. The summed E-state index contributed by atoms with van der Waals surface area (Å²) in [6.07, 6.45) is 3.83. The molecule has 0 aliphatic carbocycles. The van der Waals surface area contributed by atoms with E-state index < -0.39 is 19.0 Å². The van der Waals surface area contributed by atoms with Gasteiger partial charge in [0.05, 0.1) is 28.6 Å². The number of aliphatic imine (C=N–C) groups is 2. The molecule has 2 unspecified atom stereocenters. The smallest absolute Gasteiger partial charge is 0.459 e. The predicted molar refractivity (Wildman–Crippen MR) is 242 cm³/mol. The van der Waals surface area contributed by atoms with E-state index in [1.54, 1.807) is 12.1 Å². The van der Waals surface area contributed by atoms with Gasteiger partial charge in [0.1, 0.15) is 34.4 Å². The van der Waals surface area contributed by atoms with Crippen molar-refractivity contribution < 1.29 is 23.1 Å². The molecule has 0 bridgehead atoms. The fourth-order valence-corrected chi connectivity index (χ4v) is 11.4. The average molecular weight is 811 g/mol. The first-order chi connectivity index (χ1) is 28.9. The monoisotopic (exact) mass is 810 g/mol. The van der Waals surface area contributed by atoms with E-state index >= 15 is 4.57 Å². The number of likely N-dealkylation sites (N-methyl/N-ethyl adjacent to an activating group) is 2. The van der Waals surface area contributed by atoms with Crippen molar-refractivity contribution in [3.63, 3.8) is 0 Å². The number of benzene rings is 7. The molecule has 4 heterocycles. The van der Waals surface area contributed by atoms with Gasteiger partial charge in [0.25, 0.3) is 0 Å². The molecule has 4 aliphatic heterocycles. The van der Waals surface area contributed by atoms with Crippen molar-refractivity contribution >= 4 is 69.6 Å². The van der Waals surface area contributed by atoms with Crippen LogP contribution in [0.4, 0.5) is 22.7 Å². The van der Waals surface area contributed by atoms with Crippen LogP contribution in [-0.2, 0) is 15.4 Å². The summed E-state index contributed by atoms with van der Waals surface area (Å²) >= 11 is 0. The van der Waals surface area contributed by atoms with Crippen LogP contribution in [0.5, 0.6) is 23.0 Å². The molecular weight excluding hydrogens is 768 g/mol. The molecular formula is C50H43N4O5P. The Balaban J connectivity index is 0.939. The molecule has 0 aromatic heterocycles. The van der Waals surface area contributed by atoms with Gasteiger partial charge in [-0.25, -0.2) is 4.57 Å². The Morgan fingerprint density at radius 3 is 1.40 bits per heavy atom. The first-order valence-electron chi connectivity index (χ1n) is 20.2. The topological polar surface area (TPSA) is 85.2 Å². The Kier molecular flexibility index (Phi) is 7.59. The molecule has 7 aromatic rings. The molecule has 11 rings (SSSR count). The van der Waals surface area contributed by atoms with Crippen molar-refractivity contribution in [2.24, 2.45) is 9.98 Å². The molecule has 7 aromatic carbocycles. The zero-order valence-electron chi connectivity index (χ0n) is 34.2. The van der Waals surface area contributed by atoms with Crippen molar-refractivity contribution in [1.29, 1.82) is 0 Å². The first kappa shape index (κ1) is 36.5. The molecule has 4 aliphatic rings. The normalized spacial score (nSPS) is 22.2. The van der Waals surface area contributed by atoms with E-state index in [1.807, 2.05) is 118 Å². The second-order valence-corrected chi connectivity index (χ2v) is 19.0. The number of anilines is 2. The lowest BCUT2D eigenvalue weighted by Crippen LogP contribution is -2.61. The molecule has 9 nitrogen and oxygen atoms in total. The van der Waals surface area contributed by atoms with Crippen LogP contribution in [0.3, 0.4) is 0 Å². The van der Waals surface area contributed by atoms with Crippen LogP contribution in [0.25, 0.3) is 21.5 Å². The molecule has 0 saturated carbocycles. The molecule has 298 valence electrons. The number of ether oxygens (including phenoxy) is 2. The van der Waals surface area contributed by atoms with Gasteiger partial charge in [0.2, 0.25) is 11.4 Å². The Morgan fingerprint density at radius 1 is 0.533 bits per heavy atom. The van der Waals surface area contributed by atoms with Crippen LogP contribution in [0.15, 0.2) is 150 Å². The van der Waals surface area contributed by atoms with E-state index in [2.05, 4.69) is 73.9 Å². The Morgan fingerprint density at radius 2 is 0.950 bits per heavy atom. The maximum Gasteiger partial charge on any atom is 0.462 e. The van der Waals surface area contributed by atoms with Gasteiger partial charge >= 0.3 is 7.60 Å². The SMILES string of the molecule is CN1c2ccccc2C(C)(C)C12C=Nc1c(ccc3ccc(OP(=O)(Oc4ccc5ccc6c(c5c4)N=CC4(O6)N(C)c5ccccc5C4(C)C)c4ccccc4)cc13)O2.